The maximum absolute atomic E-state index is 13.4. The highest BCUT2D eigenvalue weighted by Crippen LogP contribution is 2.36. The van der Waals surface area contributed by atoms with E-state index in [4.69, 9.17) is 10.5 Å². The normalized spacial score (nSPS) is 10.1. The van der Waals surface area contributed by atoms with Gasteiger partial charge >= 0.3 is 0 Å². The van der Waals surface area contributed by atoms with Crippen molar-refractivity contribution in [2.75, 3.05) is 18.1 Å². The molecule has 2 N–H and O–H groups in total. The lowest BCUT2D eigenvalue weighted by atomic mass is 9.97. The summed E-state index contributed by atoms with van der Waals surface area (Å²) >= 11 is 1.01. The minimum Gasteiger partial charge on any atom is -0.490 e. The number of ether oxygens (including phenoxy) is 1. The van der Waals surface area contributed by atoms with Crippen molar-refractivity contribution < 1.29 is 13.9 Å². The predicted octanol–water partition coefficient (Wildman–Crippen LogP) is 4.75. The lowest BCUT2D eigenvalue weighted by Gasteiger charge is -2.13. The molecular weight excluding hydrogens is 427 g/mol. The van der Waals surface area contributed by atoms with Crippen LogP contribution in [0.4, 0.5) is 10.2 Å². The molecule has 0 saturated heterocycles. The minimum absolute atomic E-state index is 0.0470. The van der Waals surface area contributed by atoms with Crippen LogP contribution in [0.15, 0.2) is 66.2 Å². The maximum Gasteiger partial charge on any atom is 0.173 e. The number of hydrogen-bond acceptors (Lipinski definition) is 7. The Morgan fingerprint density at radius 1 is 1.19 bits per heavy atom. The Morgan fingerprint density at radius 3 is 2.53 bits per heavy atom. The third kappa shape index (κ3) is 4.94. The summed E-state index contributed by atoms with van der Waals surface area (Å²) in [5.74, 6) is -0.364. The number of carbonyl (C=O) groups is 1. The zero-order valence-electron chi connectivity index (χ0n) is 16.8. The second-order valence-corrected chi connectivity index (χ2v) is 7.46. The van der Waals surface area contributed by atoms with Gasteiger partial charge in [-0.25, -0.2) is 9.37 Å². The van der Waals surface area contributed by atoms with Crippen LogP contribution in [-0.4, -0.2) is 23.1 Å². The van der Waals surface area contributed by atoms with E-state index in [1.807, 2.05) is 6.07 Å². The Bertz CT molecular complexity index is 1260. The Balaban J connectivity index is 1.97. The quantitative estimate of drug-likeness (QED) is 0.303. The van der Waals surface area contributed by atoms with Crippen molar-refractivity contribution in [3.05, 3.63) is 83.7 Å². The van der Waals surface area contributed by atoms with Crippen LogP contribution in [0.3, 0.4) is 0 Å². The number of hydrogen-bond donors (Lipinski definition) is 1. The average Bonchev–Trinajstić information content (AvgIpc) is 2.81. The molecule has 0 atom stereocenters. The van der Waals surface area contributed by atoms with Crippen LogP contribution in [0.1, 0.15) is 21.5 Å². The van der Waals surface area contributed by atoms with E-state index in [0.29, 0.717) is 23.5 Å². The third-order valence-corrected chi connectivity index (χ3v) is 5.39. The van der Waals surface area contributed by atoms with Crippen molar-refractivity contribution in [1.82, 2.24) is 4.98 Å². The van der Waals surface area contributed by atoms with Crippen molar-refractivity contribution >= 4 is 23.4 Å². The highest BCUT2D eigenvalue weighted by Gasteiger charge is 2.21. The van der Waals surface area contributed by atoms with Crippen molar-refractivity contribution in [3.63, 3.8) is 0 Å². The molecule has 0 aliphatic heterocycles. The second kappa shape index (κ2) is 10.3. The fourth-order valence-corrected chi connectivity index (χ4v) is 3.83. The molecule has 0 aliphatic carbocycles. The van der Waals surface area contributed by atoms with Crippen LogP contribution in [0.2, 0.25) is 0 Å². The second-order valence-electron chi connectivity index (χ2n) is 6.50. The number of rotatable bonds is 8. The highest BCUT2D eigenvalue weighted by molar-refractivity contribution is 8.00. The van der Waals surface area contributed by atoms with Gasteiger partial charge in [-0.15, -0.1) is 0 Å². The van der Waals surface area contributed by atoms with Gasteiger partial charge in [0.1, 0.15) is 46.7 Å². The first kappa shape index (κ1) is 22.5. The SMILES string of the molecule is C=CCOc1ccc(-c2c(C#N)c(N)nc(SCC(=O)c3cccc(F)c3)c2C#N)cc1. The summed E-state index contributed by atoms with van der Waals surface area (Å²) in [7, 11) is 0. The summed E-state index contributed by atoms with van der Waals surface area (Å²) < 4.78 is 18.9. The number of benzene rings is 2. The van der Waals surface area contributed by atoms with Gasteiger partial charge in [-0.3, -0.25) is 4.79 Å². The fraction of sp³-hybridized carbons (Fsp3) is 0.0833. The van der Waals surface area contributed by atoms with Crippen LogP contribution in [0, 0.1) is 28.5 Å². The van der Waals surface area contributed by atoms with E-state index >= 15 is 0 Å². The first-order valence-corrected chi connectivity index (χ1v) is 10.4. The smallest absolute Gasteiger partial charge is 0.173 e. The maximum atomic E-state index is 13.4. The van der Waals surface area contributed by atoms with E-state index in [2.05, 4.69) is 17.6 Å². The van der Waals surface area contributed by atoms with E-state index < -0.39 is 5.82 Å². The summed E-state index contributed by atoms with van der Waals surface area (Å²) in [4.78, 5) is 16.6. The lowest BCUT2D eigenvalue weighted by Crippen LogP contribution is -2.06. The summed E-state index contributed by atoms with van der Waals surface area (Å²) in [5, 5.41) is 19.7. The molecule has 0 radical (unpaired) electrons. The van der Waals surface area contributed by atoms with Crippen LogP contribution in [-0.2, 0) is 0 Å². The van der Waals surface area contributed by atoms with Gasteiger partial charge in [0.2, 0.25) is 0 Å². The molecule has 0 bridgehead atoms. The number of nitrogen functional groups attached to an aromatic ring is 1. The molecular formula is C24H17FN4O2S. The number of pyridine rings is 1. The average molecular weight is 444 g/mol. The molecule has 0 aliphatic rings. The van der Waals surface area contributed by atoms with Gasteiger partial charge in [-0.1, -0.05) is 48.7 Å². The number of carbonyl (C=O) groups excluding carboxylic acids is 1. The molecule has 158 valence electrons. The van der Waals surface area contributed by atoms with E-state index in [-0.39, 0.29) is 39.1 Å². The monoisotopic (exact) mass is 444 g/mol. The van der Waals surface area contributed by atoms with Crippen LogP contribution >= 0.6 is 11.8 Å². The molecule has 0 saturated carbocycles. The van der Waals surface area contributed by atoms with E-state index in [1.165, 1.54) is 18.2 Å². The van der Waals surface area contributed by atoms with Gasteiger partial charge in [0.15, 0.2) is 5.78 Å². The van der Waals surface area contributed by atoms with E-state index in [9.17, 15) is 19.7 Å². The summed E-state index contributed by atoms with van der Waals surface area (Å²) in [6, 6.07) is 16.3. The number of thioether (sulfide) groups is 1. The Kier molecular flexibility index (Phi) is 7.22. The Labute approximate surface area is 188 Å². The predicted molar refractivity (Wildman–Crippen MR) is 121 cm³/mol. The van der Waals surface area contributed by atoms with Crippen molar-refractivity contribution in [3.8, 4) is 29.0 Å². The highest BCUT2D eigenvalue weighted by atomic mass is 32.2. The molecule has 0 unspecified atom stereocenters. The van der Waals surface area contributed by atoms with Gasteiger partial charge < -0.3 is 10.5 Å². The van der Waals surface area contributed by atoms with Crippen LogP contribution < -0.4 is 10.5 Å². The number of anilines is 1. The summed E-state index contributed by atoms with van der Waals surface area (Å²) in [6.07, 6.45) is 1.62. The number of nitrogens with two attached hydrogens (primary N) is 1. The van der Waals surface area contributed by atoms with Gasteiger partial charge in [-0.05, 0) is 29.8 Å². The lowest BCUT2D eigenvalue weighted by molar-refractivity contribution is 0.102. The zero-order chi connectivity index (χ0) is 23.1. The fourth-order valence-electron chi connectivity index (χ4n) is 2.94. The molecule has 3 rings (SSSR count). The standard InChI is InChI=1S/C24H17FN4O2S/c1-2-10-31-18-8-6-15(7-9-18)22-19(12-26)23(28)29-24(20(22)13-27)32-14-21(30)16-4-3-5-17(25)11-16/h2-9,11H,1,10,14H2,(H2,28,29). The van der Waals surface area contributed by atoms with Crippen LogP contribution in [0.25, 0.3) is 11.1 Å². The number of halogens is 1. The molecule has 2 aromatic carbocycles. The number of ketones is 1. The van der Waals surface area contributed by atoms with Gasteiger partial charge in [0.05, 0.1) is 11.3 Å². The molecule has 0 spiro atoms. The Hall–Kier alpha value is -4.14. The number of nitrogens with zero attached hydrogens (tertiary/aromatic N) is 3. The van der Waals surface area contributed by atoms with Crippen molar-refractivity contribution in [2.24, 2.45) is 0 Å². The molecule has 3 aromatic rings. The first-order valence-electron chi connectivity index (χ1n) is 9.37. The molecule has 0 amide bonds. The first-order chi connectivity index (χ1) is 15.5. The largest absolute Gasteiger partial charge is 0.490 e. The van der Waals surface area contributed by atoms with Crippen molar-refractivity contribution in [2.45, 2.75) is 5.03 Å². The third-order valence-electron chi connectivity index (χ3n) is 4.41. The molecule has 6 nitrogen and oxygen atoms in total. The summed E-state index contributed by atoms with van der Waals surface area (Å²) in [6.45, 7) is 3.94. The van der Waals surface area contributed by atoms with Crippen LogP contribution in [0.5, 0.6) is 5.75 Å². The van der Waals surface area contributed by atoms with Gasteiger partial charge in [0.25, 0.3) is 0 Å². The van der Waals surface area contributed by atoms with E-state index in [0.717, 1.165) is 17.8 Å². The molecule has 1 heterocycles. The topological polar surface area (TPSA) is 113 Å². The molecule has 8 heteroatoms. The molecule has 32 heavy (non-hydrogen) atoms. The van der Waals surface area contributed by atoms with Gasteiger partial charge in [0, 0.05) is 11.1 Å². The number of nitriles is 2. The van der Waals surface area contributed by atoms with Crippen molar-refractivity contribution in [1.29, 1.82) is 10.5 Å². The number of Topliss-reactive ketones (excluding diaryl/α,β-unsaturated/α-hetero) is 1. The molecule has 1 aromatic heterocycles. The Morgan fingerprint density at radius 2 is 1.91 bits per heavy atom. The minimum atomic E-state index is -0.512. The van der Waals surface area contributed by atoms with E-state index in [1.54, 1.807) is 30.3 Å². The van der Waals surface area contributed by atoms with Gasteiger partial charge in [-0.2, -0.15) is 10.5 Å². The molecule has 0 fully saturated rings. The number of aromatic nitrogens is 1. The zero-order valence-corrected chi connectivity index (χ0v) is 17.7. The summed E-state index contributed by atoms with van der Waals surface area (Å²) in [5.41, 5.74) is 7.33.